The largest absolute Gasteiger partial charge is 0.366 e. The molecule has 2 rings (SSSR count). The van der Waals surface area contributed by atoms with Crippen LogP contribution in [0.3, 0.4) is 0 Å². The lowest BCUT2D eigenvalue weighted by molar-refractivity contribution is 0.500. The average molecular weight is 235 g/mol. The predicted octanol–water partition coefficient (Wildman–Crippen LogP) is 1.30. The zero-order chi connectivity index (χ0) is 12.4. The van der Waals surface area contributed by atoms with E-state index >= 15 is 0 Å². The molecule has 0 radical (unpaired) electrons. The van der Waals surface area contributed by atoms with Crippen LogP contribution in [0.5, 0.6) is 0 Å². The summed E-state index contributed by atoms with van der Waals surface area (Å²) in [6.07, 6.45) is 0. The first-order valence-electron chi connectivity index (χ1n) is 6.29. The third-order valence-electron chi connectivity index (χ3n) is 3.30. The first kappa shape index (κ1) is 12.2. The Morgan fingerprint density at radius 1 is 1.41 bits per heavy atom. The van der Waals surface area contributed by atoms with Crippen molar-refractivity contribution in [3.63, 3.8) is 0 Å². The SMILES string of the molecule is CC(C)c1cc(N2CCNC[C@H]2C)cc(=O)[nH]1. The van der Waals surface area contributed by atoms with Crippen LogP contribution in [-0.2, 0) is 0 Å². The van der Waals surface area contributed by atoms with E-state index in [1.807, 2.05) is 0 Å². The van der Waals surface area contributed by atoms with Gasteiger partial charge in [-0.25, -0.2) is 0 Å². The van der Waals surface area contributed by atoms with Crippen LogP contribution in [0.4, 0.5) is 5.69 Å². The van der Waals surface area contributed by atoms with Gasteiger partial charge in [-0.1, -0.05) is 13.8 Å². The van der Waals surface area contributed by atoms with E-state index in [0.717, 1.165) is 31.0 Å². The number of H-pyrrole nitrogens is 1. The van der Waals surface area contributed by atoms with E-state index in [1.54, 1.807) is 6.07 Å². The highest BCUT2D eigenvalue weighted by molar-refractivity contribution is 5.48. The lowest BCUT2D eigenvalue weighted by Gasteiger charge is -2.36. The van der Waals surface area contributed by atoms with Gasteiger partial charge in [-0.3, -0.25) is 4.79 Å². The van der Waals surface area contributed by atoms with Crippen molar-refractivity contribution >= 4 is 5.69 Å². The molecule has 1 aromatic rings. The summed E-state index contributed by atoms with van der Waals surface area (Å²) in [6.45, 7) is 9.29. The van der Waals surface area contributed by atoms with Crippen LogP contribution in [0.15, 0.2) is 16.9 Å². The van der Waals surface area contributed by atoms with Crippen molar-refractivity contribution in [2.45, 2.75) is 32.7 Å². The van der Waals surface area contributed by atoms with E-state index in [2.05, 4.69) is 42.0 Å². The van der Waals surface area contributed by atoms with Crippen molar-refractivity contribution in [3.05, 3.63) is 28.2 Å². The first-order valence-corrected chi connectivity index (χ1v) is 6.29. The average Bonchev–Trinajstić information content (AvgIpc) is 2.28. The van der Waals surface area contributed by atoms with Gasteiger partial charge in [0.1, 0.15) is 0 Å². The van der Waals surface area contributed by atoms with Crippen LogP contribution in [-0.4, -0.2) is 30.7 Å². The minimum absolute atomic E-state index is 0.00284. The molecule has 94 valence electrons. The fraction of sp³-hybridized carbons (Fsp3) is 0.615. The van der Waals surface area contributed by atoms with E-state index in [1.165, 1.54) is 0 Å². The van der Waals surface area contributed by atoms with Crippen LogP contribution in [0.2, 0.25) is 0 Å². The monoisotopic (exact) mass is 235 g/mol. The molecule has 0 aromatic carbocycles. The maximum Gasteiger partial charge on any atom is 0.250 e. The second-order valence-electron chi connectivity index (χ2n) is 5.06. The third kappa shape index (κ3) is 2.69. The molecular weight excluding hydrogens is 214 g/mol. The van der Waals surface area contributed by atoms with Crippen molar-refractivity contribution in [3.8, 4) is 0 Å². The van der Waals surface area contributed by atoms with Crippen molar-refractivity contribution in [1.82, 2.24) is 10.3 Å². The van der Waals surface area contributed by atoms with Crippen LogP contribution in [0.1, 0.15) is 32.4 Å². The van der Waals surface area contributed by atoms with Gasteiger partial charge >= 0.3 is 0 Å². The van der Waals surface area contributed by atoms with Gasteiger partial charge in [-0.15, -0.1) is 0 Å². The Hall–Kier alpha value is -1.29. The minimum Gasteiger partial charge on any atom is -0.366 e. The predicted molar refractivity (Wildman–Crippen MR) is 70.8 cm³/mol. The molecule has 0 spiro atoms. The van der Waals surface area contributed by atoms with Crippen LogP contribution in [0.25, 0.3) is 0 Å². The van der Waals surface area contributed by atoms with Gasteiger partial charge in [0.05, 0.1) is 0 Å². The molecule has 2 heterocycles. The quantitative estimate of drug-likeness (QED) is 0.812. The van der Waals surface area contributed by atoms with E-state index in [4.69, 9.17) is 0 Å². The van der Waals surface area contributed by atoms with Crippen LogP contribution < -0.4 is 15.8 Å². The summed E-state index contributed by atoms with van der Waals surface area (Å²) in [5, 5.41) is 3.36. The molecule has 0 amide bonds. The summed E-state index contributed by atoms with van der Waals surface area (Å²) in [5.41, 5.74) is 2.06. The van der Waals surface area contributed by atoms with Gasteiger partial charge in [0.2, 0.25) is 5.56 Å². The van der Waals surface area contributed by atoms with E-state index in [9.17, 15) is 4.79 Å². The number of aromatic nitrogens is 1. The summed E-state index contributed by atoms with van der Waals surface area (Å²) >= 11 is 0. The molecule has 0 bridgehead atoms. The second kappa shape index (κ2) is 4.92. The summed E-state index contributed by atoms with van der Waals surface area (Å²) < 4.78 is 0. The molecule has 0 aliphatic carbocycles. The van der Waals surface area contributed by atoms with Gasteiger partial charge in [0, 0.05) is 43.1 Å². The van der Waals surface area contributed by atoms with Crippen molar-refractivity contribution in [2.24, 2.45) is 0 Å². The number of rotatable bonds is 2. The number of aromatic amines is 1. The molecular formula is C13H21N3O. The highest BCUT2D eigenvalue weighted by atomic mass is 16.1. The summed E-state index contributed by atoms with van der Waals surface area (Å²) in [4.78, 5) is 16.9. The second-order valence-corrected chi connectivity index (χ2v) is 5.06. The highest BCUT2D eigenvalue weighted by Gasteiger charge is 2.19. The topological polar surface area (TPSA) is 48.1 Å². The lowest BCUT2D eigenvalue weighted by atomic mass is 10.1. The Labute approximate surface area is 102 Å². The first-order chi connectivity index (χ1) is 8.08. The van der Waals surface area contributed by atoms with Crippen LogP contribution in [0, 0.1) is 0 Å². The van der Waals surface area contributed by atoms with Crippen LogP contribution >= 0.6 is 0 Å². The summed E-state index contributed by atoms with van der Waals surface area (Å²) in [7, 11) is 0. The normalized spacial score (nSPS) is 20.9. The van der Waals surface area contributed by atoms with Gasteiger partial charge < -0.3 is 15.2 Å². The van der Waals surface area contributed by atoms with E-state index < -0.39 is 0 Å². The molecule has 1 atom stereocenters. The smallest absolute Gasteiger partial charge is 0.250 e. The number of hydrogen-bond acceptors (Lipinski definition) is 3. The molecule has 1 aliphatic rings. The summed E-state index contributed by atoms with van der Waals surface area (Å²) in [5.74, 6) is 0.348. The van der Waals surface area contributed by atoms with E-state index in [-0.39, 0.29) is 5.56 Å². The number of piperazine rings is 1. The van der Waals surface area contributed by atoms with Crippen molar-refractivity contribution < 1.29 is 0 Å². The number of nitrogens with zero attached hydrogens (tertiary/aromatic N) is 1. The molecule has 1 fully saturated rings. The zero-order valence-electron chi connectivity index (χ0n) is 10.8. The Kier molecular flexibility index (Phi) is 3.52. The summed E-state index contributed by atoms with van der Waals surface area (Å²) in [6, 6.07) is 4.24. The van der Waals surface area contributed by atoms with Gasteiger partial charge in [-0.05, 0) is 18.9 Å². The number of anilines is 1. The molecule has 0 saturated carbocycles. The molecule has 1 saturated heterocycles. The maximum absolute atomic E-state index is 11.7. The maximum atomic E-state index is 11.7. The van der Waals surface area contributed by atoms with Gasteiger partial charge in [0.15, 0.2) is 0 Å². The number of pyridine rings is 1. The minimum atomic E-state index is -0.00284. The fourth-order valence-electron chi connectivity index (χ4n) is 2.25. The molecule has 1 aromatic heterocycles. The van der Waals surface area contributed by atoms with Gasteiger partial charge in [-0.2, -0.15) is 0 Å². The lowest BCUT2D eigenvalue weighted by Crippen LogP contribution is -2.50. The highest BCUT2D eigenvalue weighted by Crippen LogP contribution is 2.20. The molecule has 17 heavy (non-hydrogen) atoms. The standard InChI is InChI=1S/C13H21N3O/c1-9(2)12-6-11(7-13(17)15-12)16-5-4-14-8-10(16)3/h6-7,9-10,14H,4-5,8H2,1-3H3,(H,15,17)/t10-/m1/s1. The Morgan fingerprint density at radius 2 is 2.18 bits per heavy atom. The third-order valence-corrected chi connectivity index (χ3v) is 3.30. The molecule has 4 heteroatoms. The number of nitrogens with one attached hydrogen (secondary N) is 2. The van der Waals surface area contributed by atoms with E-state index in [0.29, 0.717) is 12.0 Å². The number of hydrogen-bond donors (Lipinski definition) is 2. The zero-order valence-corrected chi connectivity index (χ0v) is 10.8. The molecule has 4 nitrogen and oxygen atoms in total. The van der Waals surface area contributed by atoms with Gasteiger partial charge in [0.25, 0.3) is 0 Å². The Morgan fingerprint density at radius 3 is 2.82 bits per heavy atom. The molecule has 2 N–H and O–H groups in total. The molecule has 0 unspecified atom stereocenters. The van der Waals surface area contributed by atoms with Crippen molar-refractivity contribution in [2.75, 3.05) is 24.5 Å². The fourth-order valence-corrected chi connectivity index (χ4v) is 2.25. The van der Waals surface area contributed by atoms with Crippen molar-refractivity contribution in [1.29, 1.82) is 0 Å². The molecule has 1 aliphatic heterocycles. The Bertz CT molecular complexity index is 439. The Balaban J connectivity index is 2.34.